The van der Waals surface area contributed by atoms with Crippen molar-refractivity contribution in [2.75, 3.05) is 6.26 Å². The summed E-state index contributed by atoms with van der Waals surface area (Å²) >= 11 is 7.94. The van der Waals surface area contributed by atoms with Crippen LogP contribution < -0.4 is 0 Å². The number of benzene rings is 1. The fraction of sp³-hybridized carbons (Fsp3) is 0.214. The van der Waals surface area contributed by atoms with Crippen LogP contribution in [0.4, 0.5) is 0 Å². The Labute approximate surface area is 111 Å². The lowest BCUT2D eigenvalue weighted by atomic mass is 10.1. The summed E-state index contributed by atoms with van der Waals surface area (Å²) in [7, 11) is 0. The van der Waals surface area contributed by atoms with Gasteiger partial charge < -0.3 is 0 Å². The molecule has 1 heterocycles. The molecule has 0 aliphatic rings. The second kappa shape index (κ2) is 5.56. The number of aromatic nitrogens is 1. The van der Waals surface area contributed by atoms with Gasteiger partial charge in [-0.15, -0.1) is 11.8 Å². The monoisotopic (exact) mass is 263 g/mol. The van der Waals surface area contributed by atoms with Gasteiger partial charge in [0.05, 0.1) is 10.7 Å². The number of pyridine rings is 1. The SMILES string of the molecule is CCc1cccc(-c2cc(SC)ccc2Cl)n1. The molecule has 0 amide bonds. The van der Waals surface area contributed by atoms with Crippen molar-refractivity contribution in [3.05, 3.63) is 47.1 Å². The molecule has 3 heteroatoms. The smallest absolute Gasteiger partial charge is 0.0720 e. The Bertz CT molecular complexity index is 525. The van der Waals surface area contributed by atoms with E-state index in [4.69, 9.17) is 11.6 Å². The summed E-state index contributed by atoms with van der Waals surface area (Å²) < 4.78 is 0. The van der Waals surface area contributed by atoms with E-state index in [0.29, 0.717) is 0 Å². The zero-order valence-electron chi connectivity index (χ0n) is 9.90. The van der Waals surface area contributed by atoms with E-state index >= 15 is 0 Å². The molecule has 1 aromatic carbocycles. The van der Waals surface area contributed by atoms with Crippen molar-refractivity contribution < 1.29 is 0 Å². The van der Waals surface area contributed by atoms with Crippen molar-refractivity contribution in [1.82, 2.24) is 4.98 Å². The van der Waals surface area contributed by atoms with Crippen LogP contribution in [0.25, 0.3) is 11.3 Å². The van der Waals surface area contributed by atoms with Crippen LogP contribution in [-0.2, 0) is 6.42 Å². The van der Waals surface area contributed by atoms with E-state index in [-0.39, 0.29) is 0 Å². The lowest BCUT2D eigenvalue weighted by molar-refractivity contribution is 1.04. The average molecular weight is 264 g/mol. The summed E-state index contributed by atoms with van der Waals surface area (Å²) in [6.45, 7) is 2.10. The van der Waals surface area contributed by atoms with Crippen LogP contribution in [0.1, 0.15) is 12.6 Å². The number of halogens is 1. The molecular formula is C14H14ClNS. The van der Waals surface area contributed by atoms with E-state index < -0.39 is 0 Å². The van der Waals surface area contributed by atoms with Crippen molar-refractivity contribution in [1.29, 1.82) is 0 Å². The highest BCUT2D eigenvalue weighted by Crippen LogP contribution is 2.30. The predicted octanol–water partition coefficient (Wildman–Crippen LogP) is 4.69. The minimum absolute atomic E-state index is 0.753. The zero-order valence-corrected chi connectivity index (χ0v) is 11.5. The molecule has 0 atom stereocenters. The highest BCUT2D eigenvalue weighted by atomic mass is 35.5. The van der Waals surface area contributed by atoms with Crippen LogP contribution >= 0.6 is 23.4 Å². The molecule has 0 unspecified atom stereocenters. The summed E-state index contributed by atoms with van der Waals surface area (Å²) in [5.41, 5.74) is 3.05. The predicted molar refractivity (Wildman–Crippen MR) is 75.8 cm³/mol. The summed E-state index contributed by atoms with van der Waals surface area (Å²) in [6, 6.07) is 12.1. The van der Waals surface area contributed by atoms with Gasteiger partial charge in [-0.1, -0.05) is 24.6 Å². The lowest BCUT2D eigenvalue weighted by Crippen LogP contribution is -1.90. The molecule has 0 saturated carbocycles. The van der Waals surface area contributed by atoms with Gasteiger partial charge in [0.1, 0.15) is 0 Å². The highest BCUT2D eigenvalue weighted by Gasteiger charge is 2.06. The minimum Gasteiger partial charge on any atom is -0.253 e. The van der Waals surface area contributed by atoms with Gasteiger partial charge in [-0.25, -0.2) is 0 Å². The molecule has 0 aliphatic heterocycles. The van der Waals surface area contributed by atoms with Crippen LogP contribution in [0.5, 0.6) is 0 Å². The largest absolute Gasteiger partial charge is 0.253 e. The van der Waals surface area contributed by atoms with Crippen LogP contribution in [0.15, 0.2) is 41.3 Å². The summed E-state index contributed by atoms with van der Waals surface area (Å²) in [4.78, 5) is 5.81. The third-order valence-corrected chi connectivity index (χ3v) is 3.67. The minimum atomic E-state index is 0.753. The fourth-order valence-corrected chi connectivity index (χ4v) is 2.31. The molecular weight excluding hydrogens is 250 g/mol. The van der Waals surface area contributed by atoms with Crippen molar-refractivity contribution in [3.8, 4) is 11.3 Å². The first-order valence-corrected chi connectivity index (χ1v) is 7.14. The summed E-state index contributed by atoms with van der Waals surface area (Å²) in [5.74, 6) is 0. The van der Waals surface area contributed by atoms with Gasteiger partial charge in [0.15, 0.2) is 0 Å². The van der Waals surface area contributed by atoms with Crippen molar-refractivity contribution in [2.45, 2.75) is 18.2 Å². The number of hydrogen-bond acceptors (Lipinski definition) is 2. The molecule has 0 spiro atoms. The van der Waals surface area contributed by atoms with Crippen LogP contribution in [0, 0.1) is 0 Å². The van der Waals surface area contributed by atoms with Gasteiger partial charge in [0, 0.05) is 16.2 Å². The summed E-state index contributed by atoms with van der Waals surface area (Å²) in [5, 5.41) is 0.753. The number of hydrogen-bond donors (Lipinski definition) is 0. The third-order valence-electron chi connectivity index (χ3n) is 2.62. The Hall–Kier alpha value is -0.990. The van der Waals surface area contributed by atoms with Gasteiger partial charge in [0.2, 0.25) is 0 Å². The van der Waals surface area contributed by atoms with Crippen LogP contribution in [0.3, 0.4) is 0 Å². The van der Waals surface area contributed by atoms with Gasteiger partial charge in [0.25, 0.3) is 0 Å². The van der Waals surface area contributed by atoms with Crippen LogP contribution in [0.2, 0.25) is 5.02 Å². The molecule has 1 aromatic heterocycles. The molecule has 88 valence electrons. The fourth-order valence-electron chi connectivity index (χ4n) is 1.65. The maximum Gasteiger partial charge on any atom is 0.0720 e. The van der Waals surface area contributed by atoms with Crippen molar-refractivity contribution >= 4 is 23.4 Å². The van der Waals surface area contributed by atoms with E-state index in [1.165, 1.54) is 4.90 Å². The normalized spacial score (nSPS) is 10.5. The van der Waals surface area contributed by atoms with E-state index in [0.717, 1.165) is 28.4 Å². The molecule has 0 fully saturated rings. The number of thioether (sulfide) groups is 1. The number of nitrogens with zero attached hydrogens (tertiary/aromatic N) is 1. The molecule has 2 rings (SSSR count). The van der Waals surface area contributed by atoms with Gasteiger partial charge in [-0.2, -0.15) is 0 Å². The zero-order chi connectivity index (χ0) is 12.3. The average Bonchev–Trinajstić information content (AvgIpc) is 2.39. The molecule has 0 radical (unpaired) electrons. The van der Waals surface area contributed by atoms with Gasteiger partial charge in [-0.05, 0) is 43.0 Å². The summed E-state index contributed by atoms with van der Waals surface area (Å²) in [6.07, 6.45) is 3.00. The number of aryl methyl sites for hydroxylation is 1. The highest BCUT2D eigenvalue weighted by molar-refractivity contribution is 7.98. The lowest BCUT2D eigenvalue weighted by Gasteiger charge is -2.07. The van der Waals surface area contributed by atoms with Gasteiger partial charge in [-0.3, -0.25) is 4.98 Å². The second-order valence-electron chi connectivity index (χ2n) is 3.71. The molecule has 2 aromatic rings. The Balaban J connectivity index is 2.50. The molecule has 17 heavy (non-hydrogen) atoms. The quantitative estimate of drug-likeness (QED) is 0.746. The Morgan fingerprint density at radius 3 is 2.76 bits per heavy atom. The third kappa shape index (κ3) is 2.82. The molecule has 0 N–H and O–H groups in total. The Morgan fingerprint density at radius 1 is 1.24 bits per heavy atom. The first-order valence-electron chi connectivity index (χ1n) is 5.54. The van der Waals surface area contributed by atoms with Crippen molar-refractivity contribution in [2.24, 2.45) is 0 Å². The standard InChI is InChI=1S/C14H14ClNS/c1-3-10-5-4-6-14(16-10)12-9-11(17-2)7-8-13(12)15/h4-9H,3H2,1-2H3. The Morgan fingerprint density at radius 2 is 2.06 bits per heavy atom. The van der Waals surface area contributed by atoms with E-state index in [1.54, 1.807) is 11.8 Å². The first kappa shape index (κ1) is 12.5. The topological polar surface area (TPSA) is 12.9 Å². The number of rotatable bonds is 3. The molecule has 0 bridgehead atoms. The Kier molecular flexibility index (Phi) is 4.08. The van der Waals surface area contributed by atoms with E-state index in [1.807, 2.05) is 30.3 Å². The van der Waals surface area contributed by atoms with Gasteiger partial charge >= 0.3 is 0 Å². The maximum atomic E-state index is 6.23. The second-order valence-corrected chi connectivity index (χ2v) is 5.00. The van der Waals surface area contributed by atoms with Crippen LogP contribution in [-0.4, -0.2) is 11.2 Å². The maximum absolute atomic E-state index is 6.23. The molecule has 1 nitrogen and oxygen atoms in total. The first-order chi connectivity index (χ1) is 8.24. The van der Waals surface area contributed by atoms with E-state index in [2.05, 4.69) is 24.2 Å². The molecule has 0 aliphatic carbocycles. The van der Waals surface area contributed by atoms with E-state index in [9.17, 15) is 0 Å². The molecule has 0 saturated heterocycles. The van der Waals surface area contributed by atoms with Crippen molar-refractivity contribution in [3.63, 3.8) is 0 Å².